The van der Waals surface area contributed by atoms with E-state index < -0.39 is 6.04 Å². The molecule has 29 heavy (non-hydrogen) atoms. The lowest BCUT2D eigenvalue weighted by Gasteiger charge is -2.32. The topological polar surface area (TPSA) is 49.4 Å². The summed E-state index contributed by atoms with van der Waals surface area (Å²) in [6.07, 6.45) is 0.579. The molecule has 2 aromatic rings. The first kappa shape index (κ1) is 23.5. The fraction of sp³-hybridized carbons (Fsp3) is 0.364. The number of carbonyl (C=O) groups is 2. The van der Waals surface area contributed by atoms with E-state index in [-0.39, 0.29) is 30.8 Å². The van der Waals surface area contributed by atoms with Crippen LogP contribution < -0.4 is 5.32 Å². The van der Waals surface area contributed by atoms with Crippen LogP contribution in [0.3, 0.4) is 0 Å². The van der Waals surface area contributed by atoms with Gasteiger partial charge in [0, 0.05) is 33.2 Å². The summed E-state index contributed by atoms with van der Waals surface area (Å²) in [6.45, 7) is 5.78. The second-order valence-electron chi connectivity index (χ2n) is 7.12. The van der Waals surface area contributed by atoms with E-state index in [1.165, 1.54) is 0 Å². The summed E-state index contributed by atoms with van der Waals surface area (Å²) in [7, 11) is 0. The van der Waals surface area contributed by atoms with Crippen LogP contribution in [0.15, 0.2) is 42.5 Å². The zero-order valence-corrected chi connectivity index (χ0v) is 19.0. The minimum atomic E-state index is -0.642. The first-order chi connectivity index (χ1) is 13.7. The highest BCUT2D eigenvalue weighted by molar-refractivity contribution is 6.36. The molecule has 0 heterocycles. The predicted octanol–water partition coefficient (Wildman–Crippen LogP) is 5.52. The normalized spacial score (nSPS) is 12.0. The number of carbonyl (C=O) groups excluding carboxylic acids is 2. The molecule has 2 aromatic carbocycles. The molecule has 0 aliphatic heterocycles. The molecule has 0 aromatic heterocycles. The Balaban J connectivity index is 2.37. The van der Waals surface area contributed by atoms with Crippen molar-refractivity contribution in [3.8, 4) is 0 Å². The average molecular weight is 456 g/mol. The SMILES string of the molecule is CCC(C(=O)NC(C)C)N(Cc1c(Cl)cccc1Cl)C(=O)Cc1cccc(Cl)c1. The van der Waals surface area contributed by atoms with Gasteiger partial charge in [0.2, 0.25) is 11.8 Å². The number of hydrogen-bond acceptors (Lipinski definition) is 2. The second-order valence-corrected chi connectivity index (χ2v) is 8.37. The molecule has 0 saturated heterocycles. The standard InChI is InChI=1S/C22H25Cl3N2O2/c1-4-20(22(29)26-14(2)3)27(13-17-18(24)9-6-10-19(17)25)21(28)12-15-7-5-8-16(23)11-15/h5-11,14,20H,4,12-13H2,1-3H3,(H,26,29). The van der Waals surface area contributed by atoms with Crippen LogP contribution in [0.1, 0.15) is 38.3 Å². The van der Waals surface area contributed by atoms with Crippen molar-refractivity contribution in [1.29, 1.82) is 0 Å². The van der Waals surface area contributed by atoms with Crippen LogP contribution in [-0.2, 0) is 22.6 Å². The van der Waals surface area contributed by atoms with Crippen LogP contribution in [-0.4, -0.2) is 28.8 Å². The Morgan fingerprint density at radius 1 is 1.03 bits per heavy atom. The lowest BCUT2D eigenvalue weighted by molar-refractivity contribution is -0.141. The van der Waals surface area contributed by atoms with Gasteiger partial charge in [-0.05, 0) is 50.1 Å². The van der Waals surface area contributed by atoms with Gasteiger partial charge in [-0.2, -0.15) is 0 Å². The van der Waals surface area contributed by atoms with Crippen molar-refractivity contribution in [2.24, 2.45) is 0 Å². The molecule has 0 spiro atoms. The maximum Gasteiger partial charge on any atom is 0.243 e. The predicted molar refractivity (Wildman–Crippen MR) is 120 cm³/mol. The van der Waals surface area contributed by atoms with Crippen molar-refractivity contribution in [2.45, 2.75) is 52.2 Å². The van der Waals surface area contributed by atoms with Gasteiger partial charge in [0.15, 0.2) is 0 Å². The fourth-order valence-corrected chi connectivity index (χ4v) is 3.81. The first-order valence-corrected chi connectivity index (χ1v) is 10.6. The zero-order chi connectivity index (χ0) is 21.6. The molecule has 7 heteroatoms. The van der Waals surface area contributed by atoms with Gasteiger partial charge in [0.05, 0.1) is 6.42 Å². The van der Waals surface area contributed by atoms with E-state index in [1.54, 1.807) is 41.3 Å². The Kier molecular flexibility index (Phi) is 8.81. The number of hydrogen-bond donors (Lipinski definition) is 1. The van der Waals surface area contributed by atoms with Crippen molar-refractivity contribution in [2.75, 3.05) is 0 Å². The van der Waals surface area contributed by atoms with Crippen LogP contribution in [0.5, 0.6) is 0 Å². The van der Waals surface area contributed by atoms with Crippen molar-refractivity contribution < 1.29 is 9.59 Å². The van der Waals surface area contributed by atoms with Crippen molar-refractivity contribution in [1.82, 2.24) is 10.2 Å². The second kappa shape index (κ2) is 10.9. The Bertz CT molecular complexity index is 851. The molecular weight excluding hydrogens is 431 g/mol. The molecule has 0 aliphatic carbocycles. The van der Waals surface area contributed by atoms with Gasteiger partial charge in [-0.15, -0.1) is 0 Å². The van der Waals surface area contributed by atoms with Crippen molar-refractivity contribution in [3.05, 3.63) is 68.7 Å². The lowest BCUT2D eigenvalue weighted by Crippen LogP contribution is -2.50. The summed E-state index contributed by atoms with van der Waals surface area (Å²) < 4.78 is 0. The highest BCUT2D eigenvalue weighted by Crippen LogP contribution is 2.27. The van der Waals surface area contributed by atoms with E-state index in [4.69, 9.17) is 34.8 Å². The Labute approximate surface area is 187 Å². The van der Waals surface area contributed by atoms with E-state index in [0.29, 0.717) is 27.1 Å². The number of rotatable bonds is 8. The van der Waals surface area contributed by atoms with E-state index in [2.05, 4.69) is 5.32 Å². The van der Waals surface area contributed by atoms with Gasteiger partial charge in [-0.3, -0.25) is 9.59 Å². The quantitative estimate of drug-likeness (QED) is 0.569. The molecule has 0 saturated carbocycles. The third-order valence-electron chi connectivity index (χ3n) is 4.45. The lowest BCUT2D eigenvalue weighted by atomic mass is 10.1. The van der Waals surface area contributed by atoms with E-state index in [1.807, 2.05) is 26.8 Å². The summed E-state index contributed by atoms with van der Waals surface area (Å²) >= 11 is 18.7. The van der Waals surface area contributed by atoms with Gasteiger partial charge >= 0.3 is 0 Å². The van der Waals surface area contributed by atoms with Gasteiger partial charge in [0.25, 0.3) is 0 Å². The summed E-state index contributed by atoms with van der Waals surface area (Å²) in [4.78, 5) is 27.6. The monoisotopic (exact) mass is 454 g/mol. The first-order valence-electron chi connectivity index (χ1n) is 9.50. The summed E-state index contributed by atoms with van der Waals surface area (Å²) in [6, 6.07) is 11.6. The van der Waals surface area contributed by atoms with Crippen molar-refractivity contribution in [3.63, 3.8) is 0 Å². The molecule has 0 aliphatic rings. The summed E-state index contributed by atoms with van der Waals surface area (Å²) in [5.41, 5.74) is 1.39. The zero-order valence-electron chi connectivity index (χ0n) is 16.7. The third kappa shape index (κ3) is 6.63. The number of halogens is 3. The molecule has 0 bridgehead atoms. The van der Waals surface area contributed by atoms with Gasteiger partial charge in [-0.1, -0.05) is 59.9 Å². The van der Waals surface area contributed by atoms with E-state index in [0.717, 1.165) is 5.56 Å². The van der Waals surface area contributed by atoms with Crippen LogP contribution in [0.4, 0.5) is 0 Å². The average Bonchev–Trinajstić information content (AvgIpc) is 2.63. The largest absolute Gasteiger partial charge is 0.352 e. The molecule has 2 amide bonds. The maximum absolute atomic E-state index is 13.3. The van der Waals surface area contributed by atoms with E-state index in [9.17, 15) is 9.59 Å². The van der Waals surface area contributed by atoms with Gasteiger partial charge in [0.1, 0.15) is 6.04 Å². The van der Waals surface area contributed by atoms with Crippen LogP contribution in [0, 0.1) is 0 Å². The molecule has 4 nitrogen and oxygen atoms in total. The Hall–Kier alpha value is -1.75. The molecule has 1 unspecified atom stereocenters. The van der Waals surface area contributed by atoms with Gasteiger partial charge < -0.3 is 10.2 Å². The number of nitrogens with zero attached hydrogens (tertiary/aromatic N) is 1. The number of nitrogens with one attached hydrogen (secondary N) is 1. The summed E-state index contributed by atoms with van der Waals surface area (Å²) in [5.74, 6) is -0.404. The molecular formula is C22H25Cl3N2O2. The van der Waals surface area contributed by atoms with Gasteiger partial charge in [-0.25, -0.2) is 0 Å². The molecule has 1 N–H and O–H groups in total. The Morgan fingerprint density at radius 2 is 1.66 bits per heavy atom. The minimum absolute atomic E-state index is 0.0367. The maximum atomic E-state index is 13.3. The minimum Gasteiger partial charge on any atom is -0.352 e. The third-order valence-corrected chi connectivity index (χ3v) is 5.39. The highest BCUT2D eigenvalue weighted by Gasteiger charge is 2.30. The van der Waals surface area contributed by atoms with Crippen LogP contribution in [0.25, 0.3) is 0 Å². The molecule has 2 rings (SSSR count). The smallest absolute Gasteiger partial charge is 0.243 e. The molecule has 1 atom stereocenters. The number of amides is 2. The van der Waals surface area contributed by atoms with Crippen LogP contribution in [0.2, 0.25) is 15.1 Å². The number of benzene rings is 2. The Morgan fingerprint density at radius 3 is 2.21 bits per heavy atom. The summed E-state index contributed by atoms with van der Waals surface area (Å²) in [5, 5.41) is 4.36. The molecule has 0 radical (unpaired) electrons. The van der Waals surface area contributed by atoms with Crippen LogP contribution >= 0.6 is 34.8 Å². The molecule has 156 valence electrons. The fourth-order valence-electron chi connectivity index (χ4n) is 3.08. The van der Waals surface area contributed by atoms with Crippen molar-refractivity contribution >= 4 is 46.6 Å². The van der Waals surface area contributed by atoms with E-state index >= 15 is 0 Å². The highest BCUT2D eigenvalue weighted by atomic mass is 35.5. The molecule has 0 fully saturated rings.